The molecule has 2 aromatic rings. The Balaban J connectivity index is 2.22. The van der Waals surface area contributed by atoms with E-state index in [4.69, 9.17) is 4.74 Å². The van der Waals surface area contributed by atoms with Crippen molar-refractivity contribution in [3.05, 3.63) is 67.7 Å². The van der Waals surface area contributed by atoms with Crippen LogP contribution in [-0.2, 0) is 0 Å². The van der Waals surface area contributed by atoms with E-state index in [0.29, 0.717) is 6.61 Å². The molecule has 0 aliphatic carbocycles. The number of rotatable bonds is 1. The predicted molar refractivity (Wildman–Crippen MR) is 86.1 cm³/mol. The third kappa shape index (κ3) is 2.21. The van der Waals surface area contributed by atoms with Gasteiger partial charge in [0.1, 0.15) is 12.4 Å². The molecule has 0 amide bonds. The highest BCUT2D eigenvalue weighted by Crippen LogP contribution is 2.40. The maximum Gasteiger partial charge on any atom is 0.127 e. The first kappa shape index (κ1) is 12.2. The molecule has 0 fully saturated rings. The normalized spacial score (nSPS) is 14.1. The molecule has 2 aromatic carbocycles. The first-order chi connectivity index (χ1) is 8.75. The van der Waals surface area contributed by atoms with Gasteiger partial charge in [0, 0.05) is 19.2 Å². The van der Waals surface area contributed by atoms with Crippen LogP contribution < -0.4 is 4.74 Å². The van der Waals surface area contributed by atoms with Crippen LogP contribution in [0.25, 0.3) is 5.57 Å². The highest BCUT2D eigenvalue weighted by Gasteiger charge is 2.20. The molecule has 0 aromatic heterocycles. The van der Waals surface area contributed by atoms with E-state index in [1.807, 2.05) is 18.2 Å². The van der Waals surface area contributed by atoms with E-state index in [1.54, 1.807) is 0 Å². The lowest BCUT2D eigenvalue weighted by Crippen LogP contribution is -2.08. The molecule has 0 saturated heterocycles. The molecule has 0 radical (unpaired) electrons. The van der Waals surface area contributed by atoms with Crippen LogP contribution in [0.15, 0.2) is 56.6 Å². The molecule has 0 atom stereocenters. The number of hydrogen-bond donors (Lipinski definition) is 0. The fourth-order valence-corrected chi connectivity index (χ4v) is 3.22. The lowest BCUT2D eigenvalue weighted by atomic mass is 9.96. The van der Waals surface area contributed by atoms with Gasteiger partial charge in [-0.05, 0) is 46.4 Å². The molecule has 1 aliphatic rings. The van der Waals surface area contributed by atoms with Crippen molar-refractivity contribution in [2.75, 3.05) is 6.61 Å². The highest BCUT2D eigenvalue weighted by molar-refractivity contribution is 14.1. The summed E-state index contributed by atoms with van der Waals surface area (Å²) in [5, 5.41) is 0. The smallest absolute Gasteiger partial charge is 0.127 e. The molecule has 0 bridgehead atoms. The van der Waals surface area contributed by atoms with Gasteiger partial charge in [0.25, 0.3) is 0 Å². The third-order valence-corrected chi connectivity index (χ3v) is 4.24. The summed E-state index contributed by atoms with van der Waals surface area (Å²) in [6.07, 6.45) is 0. The van der Waals surface area contributed by atoms with Gasteiger partial charge in [0.2, 0.25) is 0 Å². The van der Waals surface area contributed by atoms with Gasteiger partial charge in [-0.15, -0.1) is 0 Å². The number of fused-ring (bicyclic) bond motifs is 1. The van der Waals surface area contributed by atoms with Crippen LogP contribution in [0.4, 0.5) is 0 Å². The van der Waals surface area contributed by atoms with E-state index in [9.17, 15) is 0 Å². The molecule has 3 rings (SSSR count). The first-order valence-electron chi connectivity index (χ1n) is 5.62. The second-order valence-corrected chi connectivity index (χ2v) is 6.29. The Morgan fingerprint density at radius 2 is 1.83 bits per heavy atom. The van der Waals surface area contributed by atoms with Gasteiger partial charge < -0.3 is 4.74 Å². The number of halogens is 2. The minimum absolute atomic E-state index is 0.652. The van der Waals surface area contributed by atoms with Crippen molar-refractivity contribution in [2.24, 2.45) is 0 Å². The zero-order valence-electron chi connectivity index (χ0n) is 9.49. The Labute approximate surface area is 128 Å². The van der Waals surface area contributed by atoms with Crippen LogP contribution in [0.5, 0.6) is 5.75 Å². The maximum atomic E-state index is 5.76. The highest BCUT2D eigenvalue weighted by atomic mass is 127. The average molecular weight is 413 g/mol. The molecule has 90 valence electrons. The molecule has 0 saturated carbocycles. The molecular formula is C15H10BrIO. The second-order valence-electron chi connectivity index (χ2n) is 4.08. The zero-order valence-corrected chi connectivity index (χ0v) is 13.2. The lowest BCUT2D eigenvalue weighted by molar-refractivity contribution is 0.356. The van der Waals surface area contributed by atoms with E-state index in [-0.39, 0.29) is 0 Å². The molecule has 3 heteroatoms. The zero-order chi connectivity index (χ0) is 12.5. The van der Waals surface area contributed by atoms with Gasteiger partial charge in [-0.1, -0.05) is 46.3 Å². The standard InChI is InChI=1S/C15H10BrIO/c16-11-6-7-14-12(8-11)15(13(17)9-18-14)10-4-2-1-3-5-10/h1-8H,9H2. The number of hydrogen-bond acceptors (Lipinski definition) is 1. The van der Waals surface area contributed by atoms with Crippen LogP contribution in [0.1, 0.15) is 11.1 Å². The van der Waals surface area contributed by atoms with E-state index in [0.717, 1.165) is 15.8 Å². The summed E-state index contributed by atoms with van der Waals surface area (Å²) in [6, 6.07) is 16.6. The summed E-state index contributed by atoms with van der Waals surface area (Å²) in [6.45, 7) is 0.652. The van der Waals surface area contributed by atoms with Crippen molar-refractivity contribution < 1.29 is 4.74 Å². The van der Waals surface area contributed by atoms with Gasteiger partial charge in [-0.3, -0.25) is 0 Å². The monoisotopic (exact) mass is 412 g/mol. The Kier molecular flexibility index (Phi) is 3.43. The van der Waals surface area contributed by atoms with Crippen LogP contribution >= 0.6 is 38.5 Å². The Bertz CT molecular complexity index is 620. The summed E-state index contributed by atoms with van der Waals surface area (Å²) in [4.78, 5) is 0. The number of ether oxygens (including phenoxy) is 1. The summed E-state index contributed by atoms with van der Waals surface area (Å²) in [7, 11) is 0. The van der Waals surface area contributed by atoms with Gasteiger partial charge in [-0.2, -0.15) is 0 Å². The molecule has 1 nitrogen and oxygen atoms in total. The Hall–Kier alpha value is -0.810. The molecule has 0 N–H and O–H groups in total. The molecule has 1 heterocycles. The van der Waals surface area contributed by atoms with Gasteiger partial charge in [0.05, 0.1) is 0 Å². The average Bonchev–Trinajstić information content (AvgIpc) is 2.39. The van der Waals surface area contributed by atoms with Gasteiger partial charge >= 0.3 is 0 Å². The lowest BCUT2D eigenvalue weighted by Gasteiger charge is -2.22. The molecular weight excluding hydrogens is 403 g/mol. The van der Waals surface area contributed by atoms with Gasteiger partial charge in [0.15, 0.2) is 0 Å². The van der Waals surface area contributed by atoms with Crippen molar-refractivity contribution in [2.45, 2.75) is 0 Å². The van der Waals surface area contributed by atoms with Crippen molar-refractivity contribution in [3.8, 4) is 5.75 Å². The van der Waals surface area contributed by atoms with Crippen LogP contribution in [0, 0.1) is 0 Å². The Morgan fingerprint density at radius 3 is 2.61 bits per heavy atom. The quantitative estimate of drug-likeness (QED) is 0.596. The van der Waals surface area contributed by atoms with E-state index >= 15 is 0 Å². The summed E-state index contributed by atoms with van der Waals surface area (Å²) in [5.74, 6) is 0.956. The van der Waals surface area contributed by atoms with Crippen molar-refractivity contribution in [3.63, 3.8) is 0 Å². The Morgan fingerprint density at radius 1 is 1.06 bits per heavy atom. The first-order valence-corrected chi connectivity index (χ1v) is 7.49. The topological polar surface area (TPSA) is 9.23 Å². The minimum Gasteiger partial charge on any atom is -0.488 e. The maximum absolute atomic E-state index is 5.76. The SMILES string of the molecule is Brc1ccc2c(c1)C(c1ccccc1)=C(I)CO2. The van der Waals surface area contributed by atoms with Gasteiger partial charge in [-0.25, -0.2) is 0 Å². The minimum atomic E-state index is 0.652. The largest absolute Gasteiger partial charge is 0.488 e. The van der Waals surface area contributed by atoms with Crippen molar-refractivity contribution >= 4 is 44.1 Å². The second kappa shape index (κ2) is 5.05. The van der Waals surface area contributed by atoms with E-state index in [2.05, 4.69) is 68.9 Å². The fourth-order valence-electron chi connectivity index (χ4n) is 2.10. The summed E-state index contributed by atoms with van der Waals surface area (Å²) < 4.78 is 8.07. The summed E-state index contributed by atoms with van der Waals surface area (Å²) >= 11 is 5.90. The molecule has 18 heavy (non-hydrogen) atoms. The van der Waals surface area contributed by atoms with Crippen molar-refractivity contribution in [1.82, 2.24) is 0 Å². The predicted octanol–water partition coefficient (Wildman–Crippen LogP) is 5.04. The molecule has 0 unspecified atom stereocenters. The molecule has 1 aliphatic heterocycles. The van der Waals surface area contributed by atoms with Crippen LogP contribution in [0.2, 0.25) is 0 Å². The summed E-state index contributed by atoms with van der Waals surface area (Å²) in [5.41, 5.74) is 3.68. The van der Waals surface area contributed by atoms with Crippen LogP contribution in [-0.4, -0.2) is 6.61 Å². The molecule has 0 spiro atoms. The van der Waals surface area contributed by atoms with Crippen molar-refractivity contribution in [1.29, 1.82) is 0 Å². The van der Waals surface area contributed by atoms with E-state index < -0.39 is 0 Å². The van der Waals surface area contributed by atoms with E-state index in [1.165, 1.54) is 14.7 Å². The van der Waals surface area contributed by atoms with Crippen LogP contribution in [0.3, 0.4) is 0 Å². The number of benzene rings is 2. The third-order valence-electron chi connectivity index (χ3n) is 2.90. The fraction of sp³-hybridized carbons (Fsp3) is 0.0667.